The highest BCUT2D eigenvalue weighted by molar-refractivity contribution is 7.07. The van der Waals surface area contributed by atoms with Crippen LogP contribution < -0.4 is 29.1 Å². The van der Waals surface area contributed by atoms with Gasteiger partial charge < -0.3 is 18.9 Å². The topological polar surface area (TPSA) is 88.4 Å². The quantitative estimate of drug-likeness (QED) is 0.366. The van der Waals surface area contributed by atoms with Crippen LogP contribution in [-0.2, 0) is 9.53 Å². The molecule has 200 valence electrons. The van der Waals surface area contributed by atoms with E-state index in [1.807, 2.05) is 13.0 Å². The van der Waals surface area contributed by atoms with Gasteiger partial charge in [-0.3, -0.25) is 9.36 Å². The standard InChI is InChI=1S/C28H29ClN2O6S/c1-6-8-20-24(27(33)37-7-2)25(18-15-17(34-3)10-12-21(18)35-4)31-26(32)23(38-28(31)30-20)14-16-9-11-22(36-5)19(29)13-16/h9-15,25H,6-8H2,1-5H3/b23-14-/t25-/m0/s1. The van der Waals surface area contributed by atoms with Crippen LogP contribution in [0.2, 0.25) is 5.02 Å². The summed E-state index contributed by atoms with van der Waals surface area (Å²) < 4.78 is 23.8. The maximum absolute atomic E-state index is 13.9. The molecule has 2 heterocycles. The van der Waals surface area contributed by atoms with Crippen molar-refractivity contribution >= 4 is 35.0 Å². The molecule has 8 nitrogen and oxygen atoms in total. The van der Waals surface area contributed by atoms with Crippen LogP contribution in [0.5, 0.6) is 17.2 Å². The third kappa shape index (κ3) is 5.21. The van der Waals surface area contributed by atoms with Gasteiger partial charge in [0.2, 0.25) is 0 Å². The van der Waals surface area contributed by atoms with E-state index >= 15 is 0 Å². The zero-order valence-electron chi connectivity index (χ0n) is 21.9. The van der Waals surface area contributed by atoms with Crippen molar-refractivity contribution in [3.8, 4) is 17.2 Å². The highest BCUT2D eigenvalue weighted by Crippen LogP contribution is 2.38. The van der Waals surface area contributed by atoms with Crippen molar-refractivity contribution in [1.82, 2.24) is 4.57 Å². The van der Waals surface area contributed by atoms with Crippen LogP contribution in [0.3, 0.4) is 0 Å². The summed E-state index contributed by atoms with van der Waals surface area (Å²) in [6.45, 7) is 3.94. The number of aromatic nitrogens is 1. The van der Waals surface area contributed by atoms with Crippen molar-refractivity contribution < 1.29 is 23.7 Å². The van der Waals surface area contributed by atoms with E-state index in [1.165, 1.54) is 15.9 Å². The van der Waals surface area contributed by atoms with Gasteiger partial charge in [0.1, 0.15) is 23.3 Å². The number of allylic oxidation sites excluding steroid dienone is 1. The Hall–Kier alpha value is -3.56. The maximum atomic E-state index is 13.9. The molecule has 3 aromatic rings. The maximum Gasteiger partial charge on any atom is 0.338 e. The number of carbonyl (C=O) groups is 1. The predicted molar refractivity (Wildman–Crippen MR) is 147 cm³/mol. The minimum Gasteiger partial charge on any atom is -0.497 e. The minimum absolute atomic E-state index is 0.187. The summed E-state index contributed by atoms with van der Waals surface area (Å²) in [6, 6.07) is 9.77. The van der Waals surface area contributed by atoms with Gasteiger partial charge >= 0.3 is 5.97 Å². The van der Waals surface area contributed by atoms with Crippen LogP contribution in [0.15, 0.2) is 57.5 Å². The van der Waals surface area contributed by atoms with Crippen LogP contribution in [-0.4, -0.2) is 38.5 Å². The molecule has 0 spiro atoms. The molecule has 10 heteroatoms. The number of ether oxygens (including phenoxy) is 4. The number of hydrogen-bond donors (Lipinski definition) is 0. The van der Waals surface area contributed by atoms with Gasteiger partial charge in [-0.25, -0.2) is 9.79 Å². The summed E-state index contributed by atoms with van der Waals surface area (Å²) >= 11 is 7.56. The third-order valence-corrected chi connectivity index (χ3v) is 7.38. The molecule has 0 radical (unpaired) electrons. The Bertz CT molecular complexity index is 1570. The number of methoxy groups -OCH3 is 3. The van der Waals surface area contributed by atoms with Crippen molar-refractivity contribution in [2.45, 2.75) is 32.7 Å². The number of fused-ring (bicyclic) bond motifs is 1. The lowest BCUT2D eigenvalue weighted by Crippen LogP contribution is -2.40. The molecule has 0 aliphatic carbocycles. The molecule has 0 N–H and O–H groups in total. The molecule has 0 saturated carbocycles. The highest BCUT2D eigenvalue weighted by atomic mass is 35.5. The number of nitrogens with zero attached hydrogens (tertiary/aromatic N) is 2. The summed E-state index contributed by atoms with van der Waals surface area (Å²) in [4.78, 5) is 32.6. The van der Waals surface area contributed by atoms with E-state index < -0.39 is 12.0 Å². The van der Waals surface area contributed by atoms with Gasteiger partial charge in [-0.1, -0.05) is 42.3 Å². The van der Waals surface area contributed by atoms with Crippen LogP contribution in [0, 0.1) is 0 Å². The predicted octanol–water partition coefficient (Wildman–Crippen LogP) is 4.26. The number of hydrogen-bond acceptors (Lipinski definition) is 8. The number of thiazole rings is 1. The van der Waals surface area contributed by atoms with Gasteiger partial charge in [0.05, 0.1) is 48.8 Å². The normalized spacial score (nSPS) is 15.1. The molecular weight excluding hydrogens is 528 g/mol. The summed E-state index contributed by atoms with van der Waals surface area (Å²) in [5.74, 6) is 1.09. The Kier molecular flexibility index (Phi) is 8.58. The summed E-state index contributed by atoms with van der Waals surface area (Å²) in [7, 11) is 4.64. The fourth-order valence-electron chi connectivity index (χ4n) is 4.39. The van der Waals surface area contributed by atoms with E-state index in [0.717, 1.165) is 12.0 Å². The summed E-state index contributed by atoms with van der Waals surface area (Å²) in [6.07, 6.45) is 3.04. The van der Waals surface area contributed by atoms with Crippen LogP contribution in [0.4, 0.5) is 0 Å². The van der Waals surface area contributed by atoms with E-state index in [1.54, 1.807) is 64.7 Å². The van der Waals surface area contributed by atoms with E-state index in [2.05, 4.69) is 0 Å². The van der Waals surface area contributed by atoms with Crippen molar-refractivity contribution in [2.24, 2.45) is 4.99 Å². The largest absolute Gasteiger partial charge is 0.497 e. The number of rotatable bonds is 9. The molecule has 4 rings (SSSR count). The second-order valence-corrected chi connectivity index (χ2v) is 9.83. The minimum atomic E-state index is -0.821. The number of carbonyl (C=O) groups excluding carboxylic acids is 1. The lowest BCUT2D eigenvalue weighted by atomic mass is 9.93. The molecule has 1 aliphatic heterocycles. The van der Waals surface area contributed by atoms with Gasteiger partial charge in [0, 0.05) is 5.56 Å². The number of halogens is 1. The third-order valence-electron chi connectivity index (χ3n) is 6.10. The van der Waals surface area contributed by atoms with Crippen molar-refractivity contribution in [3.63, 3.8) is 0 Å². The summed E-state index contributed by atoms with van der Waals surface area (Å²) in [5, 5.41) is 0.433. The Morgan fingerprint density at radius 2 is 1.82 bits per heavy atom. The van der Waals surface area contributed by atoms with Crippen LogP contribution in [0.1, 0.15) is 43.9 Å². The average molecular weight is 557 g/mol. The smallest absolute Gasteiger partial charge is 0.338 e. The number of benzene rings is 2. The fourth-order valence-corrected chi connectivity index (χ4v) is 5.68. The van der Waals surface area contributed by atoms with E-state index in [-0.39, 0.29) is 12.2 Å². The Morgan fingerprint density at radius 1 is 1.08 bits per heavy atom. The molecule has 1 aromatic heterocycles. The average Bonchev–Trinajstić information content (AvgIpc) is 3.22. The van der Waals surface area contributed by atoms with E-state index in [9.17, 15) is 9.59 Å². The first kappa shape index (κ1) is 27.5. The molecule has 0 saturated heterocycles. The molecule has 2 aromatic carbocycles. The lowest BCUT2D eigenvalue weighted by molar-refractivity contribution is -0.139. The Balaban J connectivity index is 2.03. The number of esters is 1. The lowest BCUT2D eigenvalue weighted by Gasteiger charge is -2.27. The monoisotopic (exact) mass is 556 g/mol. The zero-order valence-corrected chi connectivity index (χ0v) is 23.4. The first-order chi connectivity index (χ1) is 18.4. The van der Waals surface area contributed by atoms with Gasteiger partial charge in [0.15, 0.2) is 4.80 Å². The van der Waals surface area contributed by atoms with E-state index in [0.29, 0.717) is 54.9 Å². The van der Waals surface area contributed by atoms with Gasteiger partial charge in [0.25, 0.3) is 5.56 Å². The second kappa shape index (κ2) is 11.9. The molecule has 0 amide bonds. The SMILES string of the molecule is CCCC1=C(C(=O)OCC)[C@H](c2cc(OC)ccc2OC)n2c(s/c(=C\c3ccc(OC)c(Cl)c3)c2=O)=N1. The molecule has 0 fully saturated rings. The van der Waals surface area contributed by atoms with Crippen molar-refractivity contribution in [3.05, 3.63) is 83.5 Å². The summed E-state index contributed by atoms with van der Waals surface area (Å²) in [5.41, 5.74) is 1.93. The van der Waals surface area contributed by atoms with Gasteiger partial charge in [-0.05, 0) is 55.3 Å². The Morgan fingerprint density at radius 3 is 2.45 bits per heavy atom. The molecule has 1 atom stereocenters. The molecule has 0 unspecified atom stereocenters. The molecular formula is C28H29ClN2O6S. The van der Waals surface area contributed by atoms with Gasteiger partial charge in [-0.2, -0.15) is 0 Å². The highest BCUT2D eigenvalue weighted by Gasteiger charge is 2.36. The Labute approximate surface area is 229 Å². The first-order valence-electron chi connectivity index (χ1n) is 12.1. The van der Waals surface area contributed by atoms with Crippen molar-refractivity contribution in [1.29, 1.82) is 0 Å². The van der Waals surface area contributed by atoms with Crippen LogP contribution >= 0.6 is 22.9 Å². The molecule has 1 aliphatic rings. The first-order valence-corrected chi connectivity index (χ1v) is 13.3. The zero-order chi connectivity index (χ0) is 27.4. The fraction of sp³-hybridized carbons (Fsp3) is 0.321. The second-order valence-electron chi connectivity index (χ2n) is 8.42. The molecule has 38 heavy (non-hydrogen) atoms. The van der Waals surface area contributed by atoms with E-state index in [4.69, 9.17) is 35.5 Å². The van der Waals surface area contributed by atoms with Gasteiger partial charge in [-0.15, -0.1) is 0 Å². The molecule has 0 bridgehead atoms. The van der Waals surface area contributed by atoms with Crippen molar-refractivity contribution in [2.75, 3.05) is 27.9 Å². The van der Waals surface area contributed by atoms with Crippen LogP contribution in [0.25, 0.3) is 6.08 Å².